The molecule has 7 heteroatoms. The van der Waals surface area contributed by atoms with Crippen molar-refractivity contribution < 1.29 is 9.21 Å². The Balaban J connectivity index is 1.36. The molecule has 1 aromatic carbocycles. The first-order valence-corrected chi connectivity index (χ1v) is 8.67. The lowest BCUT2D eigenvalue weighted by Gasteiger charge is -2.21. The lowest BCUT2D eigenvalue weighted by molar-refractivity contribution is -0.122. The number of hydrogen-bond acceptors (Lipinski definition) is 5. The first kappa shape index (κ1) is 15.7. The minimum atomic E-state index is -0.207. The van der Waals surface area contributed by atoms with Crippen LogP contribution < -0.4 is 10.2 Å². The number of fused-ring (bicyclic) bond motifs is 1. The van der Waals surface area contributed by atoms with Crippen LogP contribution in [0.25, 0.3) is 11.1 Å². The van der Waals surface area contributed by atoms with E-state index < -0.39 is 0 Å². The molecule has 1 fully saturated rings. The van der Waals surface area contributed by atoms with Crippen molar-refractivity contribution >= 4 is 23.0 Å². The van der Waals surface area contributed by atoms with Crippen molar-refractivity contribution in [3.8, 4) is 0 Å². The Morgan fingerprint density at radius 1 is 1.36 bits per heavy atom. The summed E-state index contributed by atoms with van der Waals surface area (Å²) in [7, 11) is 0. The van der Waals surface area contributed by atoms with Gasteiger partial charge in [-0.15, -0.1) is 0 Å². The quantitative estimate of drug-likeness (QED) is 0.697. The second kappa shape index (κ2) is 6.96. The van der Waals surface area contributed by atoms with E-state index in [4.69, 9.17) is 4.42 Å². The summed E-state index contributed by atoms with van der Waals surface area (Å²) in [4.78, 5) is 23.1. The van der Waals surface area contributed by atoms with Gasteiger partial charge >= 0.3 is 0 Å². The number of nitrogens with one attached hydrogen (secondary N) is 1. The minimum Gasteiger partial charge on any atom is -0.423 e. The third kappa shape index (κ3) is 3.35. The molecule has 1 amide bonds. The number of benzene rings is 1. The van der Waals surface area contributed by atoms with Crippen molar-refractivity contribution in [2.75, 3.05) is 18.0 Å². The average molecular weight is 339 g/mol. The number of rotatable bonds is 6. The fraction of sp³-hybridized carbons (Fsp3) is 0.389. The number of carbonyl (C=O) groups excluding carboxylic acids is 1. The maximum Gasteiger partial charge on any atom is 0.299 e. The number of imidazole rings is 1. The molecule has 0 saturated carbocycles. The Morgan fingerprint density at radius 3 is 3.12 bits per heavy atom. The van der Waals surface area contributed by atoms with E-state index in [-0.39, 0.29) is 11.9 Å². The fourth-order valence-corrected chi connectivity index (χ4v) is 3.26. The number of aryl methyl sites for hydroxylation is 1. The highest BCUT2D eigenvalue weighted by Gasteiger charge is 2.33. The van der Waals surface area contributed by atoms with Gasteiger partial charge in [0.05, 0.1) is 6.33 Å². The molecule has 0 bridgehead atoms. The molecule has 0 aliphatic carbocycles. The van der Waals surface area contributed by atoms with Gasteiger partial charge in [0.15, 0.2) is 5.58 Å². The number of para-hydroxylation sites is 2. The zero-order valence-electron chi connectivity index (χ0n) is 14.0. The molecule has 1 saturated heterocycles. The van der Waals surface area contributed by atoms with Gasteiger partial charge in [-0.05, 0) is 31.4 Å². The van der Waals surface area contributed by atoms with E-state index >= 15 is 0 Å². The number of anilines is 1. The van der Waals surface area contributed by atoms with Crippen molar-refractivity contribution in [1.82, 2.24) is 19.9 Å². The average Bonchev–Trinajstić information content (AvgIpc) is 3.38. The highest BCUT2D eigenvalue weighted by Crippen LogP contribution is 2.28. The van der Waals surface area contributed by atoms with Crippen LogP contribution in [-0.2, 0) is 11.3 Å². The van der Waals surface area contributed by atoms with Gasteiger partial charge in [-0.3, -0.25) is 4.79 Å². The summed E-state index contributed by atoms with van der Waals surface area (Å²) in [6, 6.07) is 8.00. The van der Waals surface area contributed by atoms with Gasteiger partial charge in [-0.25, -0.2) is 4.98 Å². The van der Waals surface area contributed by atoms with Gasteiger partial charge in [0.1, 0.15) is 11.6 Å². The van der Waals surface area contributed by atoms with E-state index in [0.29, 0.717) is 12.6 Å². The standard InChI is InChI=1S/C18H21N5O2/c24-17(20-8-4-10-22-12-9-19-13-22)15-6-3-11-23(15)18-21-14-5-1-2-7-16(14)25-18/h1-2,5,7,9,12-13,15H,3-4,6,8,10-11H2,(H,20,24). The van der Waals surface area contributed by atoms with Crippen LogP contribution in [0, 0.1) is 0 Å². The molecule has 25 heavy (non-hydrogen) atoms. The molecule has 130 valence electrons. The minimum absolute atomic E-state index is 0.0467. The lowest BCUT2D eigenvalue weighted by atomic mass is 10.2. The number of aromatic nitrogens is 3. The molecule has 1 atom stereocenters. The Kier molecular flexibility index (Phi) is 4.37. The lowest BCUT2D eigenvalue weighted by Crippen LogP contribution is -2.43. The van der Waals surface area contributed by atoms with Crippen molar-refractivity contribution in [1.29, 1.82) is 0 Å². The molecule has 1 N–H and O–H groups in total. The zero-order valence-corrected chi connectivity index (χ0v) is 14.0. The molecule has 1 aliphatic heterocycles. The monoisotopic (exact) mass is 339 g/mol. The van der Waals surface area contributed by atoms with Crippen LogP contribution in [0.3, 0.4) is 0 Å². The third-order valence-electron chi connectivity index (χ3n) is 4.54. The summed E-state index contributed by atoms with van der Waals surface area (Å²) in [6.07, 6.45) is 8.13. The summed E-state index contributed by atoms with van der Waals surface area (Å²) in [5, 5.41) is 3.04. The molecule has 7 nitrogen and oxygen atoms in total. The van der Waals surface area contributed by atoms with E-state index in [0.717, 1.165) is 43.5 Å². The molecule has 3 aromatic rings. The molecule has 3 heterocycles. The van der Waals surface area contributed by atoms with E-state index in [1.54, 1.807) is 12.5 Å². The van der Waals surface area contributed by atoms with Gasteiger partial charge in [-0.2, -0.15) is 4.98 Å². The van der Waals surface area contributed by atoms with Gasteiger partial charge in [0.25, 0.3) is 6.01 Å². The molecule has 0 spiro atoms. The molecule has 1 unspecified atom stereocenters. The summed E-state index contributed by atoms with van der Waals surface area (Å²) >= 11 is 0. The molecule has 2 aromatic heterocycles. The topological polar surface area (TPSA) is 76.2 Å². The first-order chi connectivity index (χ1) is 12.3. The number of amides is 1. The number of nitrogens with zero attached hydrogens (tertiary/aromatic N) is 4. The van der Waals surface area contributed by atoms with Crippen molar-refractivity contribution in [3.63, 3.8) is 0 Å². The summed E-state index contributed by atoms with van der Waals surface area (Å²) in [5.74, 6) is 0.0467. The van der Waals surface area contributed by atoms with Crippen LogP contribution in [0.15, 0.2) is 47.4 Å². The van der Waals surface area contributed by atoms with Crippen LogP contribution in [0.4, 0.5) is 6.01 Å². The highest BCUT2D eigenvalue weighted by molar-refractivity contribution is 5.85. The van der Waals surface area contributed by atoms with Crippen molar-refractivity contribution in [2.24, 2.45) is 0 Å². The summed E-state index contributed by atoms with van der Waals surface area (Å²) < 4.78 is 7.84. The largest absolute Gasteiger partial charge is 0.423 e. The Bertz CT molecular complexity index is 809. The Labute approximate surface area is 145 Å². The van der Waals surface area contributed by atoms with Gasteiger partial charge < -0.3 is 19.2 Å². The number of oxazole rings is 1. The van der Waals surface area contributed by atoms with E-state index in [1.165, 1.54) is 0 Å². The smallest absolute Gasteiger partial charge is 0.299 e. The molecule has 0 radical (unpaired) electrons. The highest BCUT2D eigenvalue weighted by atomic mass is 16.4. The summed E-state index contributed by atoms with van der Waals surface area (Å²) in [5.41, 5.74) is 1.58. The normalized spacial score (nSPS) is 17.3. The predicted octanol–water partition coefficient (Wildman–Crippen LogP) is 2.20. The predicted molar refractivity (Wildman–Crippen MR) is 94.2 cm³/mol. The van der Waals surface area contributed by atoms with Crippen LogP contribution >= 0.6 is 0 Å². The van der Waals surface area contributed by atoms with E-state index in [9.17, 15) is 4.79 Å². The Hall–Kier alpha value is -2.83. The third-order valence-corrected chi connectivity index (χ3v) is 4.54. The zero-order chi connectivity index (χ0) is 17.1. The van der Waals surface area contributed by atoms with Crippen LogP contribution in [0.2, 0.25) is 0 Å². The second-order valence-corrected chi connectivity index (χ2v) is 6.26. The van der Waals surface area contributed by atoms with Gasteiger partial charge in [0.2, 0.25) is 5.91 Å². The summed E-state index contributed by atoms with van der Waals surface area (Å²) in [6.45, 7) is 2.29. The van der Waals surface area contributed by atoms with Crippen LogP contribution in [0.1, 0.15) is 19.3 Å². The van der Waals surface area contributed by atoms with E-state index in [2.05, 4.69) is 15.3 Å². The maximum atomic E-state index is 12.6. The van der Waals surface area contributed by atoms with Gasteiger partial charge in [-0.1, -0.05) is 12.1 Å². The van der Waals surface area contributed by atoms with Gasteiger partial charge in [0, 0.05) is 32.0 Å². The van der Waals surface area contributed by atoms with Crippen molar-refractivity contribution in [3.05, 3.63) is 43.0 Å². The SMILES string of the molecule is O=C(NCCCn1ccnc1)C1CCCN1c1nc2ccccc2o1. The molecule has 1 aliphatic rings. The van der Waals surface area contributed by atoms with E-state index in [1.807, 2.05) is 39.9 Å². The maximum absolute atomic E-state index is 12.6. The number of hydrogen-bond donors (Lipinski definition) is 1. The molecular weight excluding hydrogens is 318 g/mol. The first-order valence-electron chi connectivity index (χ1n) is 8.67. The van der Waals surface area contributed by atoms with Crippen LogP contribution in [0.5, 0.6) is 0 Å². The van der Waals surface area contributed by atoms with Crippen LogP contribution in [-0.4, -0.2) is 39.6 Å². The number of carbonyl (C=O) groups is 1. The van der Waals surface area contributed by atoms with Crippen molar-refractivity contribution in [2.45, 2.75) is 31.8 Å². The fourth-order valence-electron chi connectivity index (χ4n) is 3.26. The second-order valence-electron chi connectivity index (χ2n) is 6.26. The molecule has 4 rings (SSSR count). The molecular formula is C18H21N5O2. The Morgan fingerprint density at radius 2 is 2.28 bits per heavy atom.